The molecule has 4 N–H and O–H groups in total. The van der Waals surface area contributed by atoms with E-state index in [9.17, 15) is 0 Å². The van der Waals surface area contributed by atoms with E-state index in [-0.39, 0.29) is 0 Å². The molecule has 0 saturated carbocycles. The molecule has 15 heavy (non-hydrogen) atoms. The maximum Gasteiger partial charge on any atom is 0.180 e. The molecule has 0 radical (unpaired) electrons. The summed E-state index contributed by atoms with van der Waals surface area (Å²) >= 11 is 4.85. The van der Waals surface area contributed by atoms with Crippen LogP contribution in [-0.2, 0) is 6.54 Å². The van der Waals surface area contributed by atoms with Crippen LogP contribution < -0.4 is 16.6 Å². The lowest BCUT2D eigenvalue weighted by Gasteiger charge is -2.07. The quantitative estimate of drug-likeness (QED) is 0.297. The molecular weight excluding hydrogens is 210 g/mol. The normalized spacial score (nSPS) is 10.1. The third-order valence-electron chi connectivity index (χ3n) is 2.07. The molecule has 0 aliphatic carbocycles. The van der Waals surface area contributed by atoms with E-state index in [1.165, 1.54) is 5.69 Å². The molecule has 1 heterocycles. The predicted molar refractivity (Wildman–Crippen MR) is 64.2 cm³/mol. The molecule has 0 aliphatic heterocycles. The molecular formula is C9H17N5S. The first-order valence-electron chi connectivity index (χ1n) is 4.89. The van der Waals surface area contributed by atoms with E-state index in [2.05, 4.69) is 28.8 Å². The zero-order valence-electron chi connectivity index (χ0n) is 9.08. The van der Waals surface area contributed by atoms with E-state index in [4.69, 9.17) is 18.1 Å². The van der Waals surface area contributed by atoms with Crippen molar-refractivity contribution in [3.05, 3.63) is 17.5 Å². The predicted octanol–water partition coefficient (Wildman–Crippen LogP) is 0.228. The van der Waals surface area contributed by atoms with Crippen LogP contribution in [0.4, 0.5) is 0 Å². The SMILES string of the molecule is Cc1cc(C)n(CCCNC(=S)NN)n1. The van der Waals surface area contributed by atoms with Crippen LogP contribution in [0.2, 0.25) is 0 Å². The maximum atomic E-state index is 5.12. The van der Waals surface area contributed by atoms with Gasteiger partial charge in [0.05, 0.1) is 5.69 Å². The lowest BCUT2D eigenvalue weighted by atomic mass is 10.4. The molecule has 0 unspecified atom stereocenters. The Bertz CT molecular complexity index is 333. The molecule has 0 bridgehead atoms. The molecule has 0 fully saturated rings. The van der Waals surface area contributed by atoms with Crippen LogP contribution >= 0.6 is 12.2 Å². The molecule has 0 aliphatic rings. The average Bonchev–Trinajstić information content (AvgIpc) is 2.52. The zero-order valence-corrected chi connectivity index (χ0v) is 9.90. The highest BCUT2D eigenvalue weighted by Gasteiger charge is 1.99. The third-order valence-corrected chi connectivity index (χ3v) is 2.33. The van der Waals surface area contributed by atoms with E-state index in [0.717, 1.165) is 25.2 Å². The standard InChI is InChI=1S/C9H17N5S/c1-7-6-8(2)14(13-7)5-3-4-11-9(15)12-10/h6H,3-5,10H2,1-2H3,(H2,11,12,15). The molecule has 1 aromatic rings. The summed E-state index contributed by atoms with van der Waals surface area (Å²) in [5.74, 6) is 5.12. The maximum absolute atomic E-state index is 5.12. The number of nitrogens with zero attached hydrogens (tertiary/aromatic N) is 2. The molecule has 0 amide bonds. The Hall–Kier alpha value is -1.14. The second-order valence-corrected chi connectivity index (χ2v) is 3.81. The van der Waals surface area contributed by atoms with Gasteiger partial charge in [-0.2, -0.15) is 5.10 Å². The summed E-state index contributed by atoms with van der Waals surface area (Å²) in [5.41, 5.74) is 4.62. The van der Waals surface area contributed by atoms with Crippen LogP contribution in [0, 0.1) is 13.8 Å². The van der Waals surface area contributed by atoms with Crippen molar-refractivity contribution in [2.24, 2.45) is 5.84 Å². The minimum absolute atomic E-state index is 0.475. The van der Waals surface area contributed by atoms with Crippen molar-refractivity contribution < 1.29 is 0 Å². The van der Waals surface area contributed by atoms with Crippen LogP contribution in [0.3, 0.4) is 0 Å². The van der Waals surface area contributed by atoms with Crippen molar-refractivity contribution >= 4 is 17.3 Å². The highest BCUT2D eigenvalue weighted by molar-refractivity contribution is 7.80. The van der Waals surface area contributed by atoms with Crippen molar-refractivity contribution in [2.45, 2.75) is 26.8 Å². The summed E-state index contributed by atoms with van der Waals surface area (Å²) in [4.78, 5) is 0. The Labute approximate surface area is 95.0 Å². The lowest BCUT2D eigenvalue weighted by molar-refractivity contribution is 0.556. The number of aryl methyl sites for hydroxylation is 3. The Morgan fingerprint density at radius 1 is 1.60 bits per heavy atom. The van der Waals surface area contributed by atoms with Gasteiger partial charge >= 0.3 is 0 Å². The van der Waals surface area contributed by atoms with E-state index >= 15 is 0 Å². The Morgan fingerprint density at radius 3 is 2.87 bits per heavy atom. The molecule has 84 valence electrons. The molecule has 0 aromatic carbocycles. The van der Waals surface area contributed by atoms with E-state index in [1.807, 2.05) is 11.6 Å². The molecule has 0 spiro atoms. The molecule has 1 rings (SSSR count). The first kappa shape index (κ1) is 11.9. The van der Waals surface area contributed by atoms with E-state index < -0.39 is 0 Å². The van der Waals surface area contributed by atoms with Gasteiger partial charge in [-0.25, -0.2) is 5.84 Å². The van der Waals surface area contributed by atoms with Gasteiger partial charge in [-0.3, -0.25) is 4.68 Å². The second-order valence-electron chi connectivity index (χ2n) is 3.40. The minimum atomic E-state index is 0.475. The molecule has 1 aromatic heterocycles. The second kappa shape index (κ2) is 5.67. The van der Waals surface area contributed by atoms with Crippen molar-refractivity contribution in [1.82, 2.24) is 20.5 Å². The number of aromatic nitrogens is 2. The first-order chi connectivity index (χ1) is 7.13. The highest BCUT2D eigenvalue weighted by Crippen LogP contribution is 2.01. The molecule has 5 nitrogen and oxygen atoms in total. The molecule has 0 atom stereocenters. The number of nitrogens with two attached hydrogens (primary N) is 1. The van der Waals surface area contributed by atoms with Crippen LogP contribution in [0.15, 0.2) is 6.07 Å². The Morgan fingerprint density at radius 2 is 2.33 bits per heavy atom. The van der Waals surface area contributed by atoms with Gasteiger partial charge < -0.3 is 10.7 Å². The first-order valence-corrected chi connectivity index (χ1v) is 5.30. The van der Waals surface area contributed by atoms with Gasteiger partial charge in [0.2, 0.25) is 0 Å². The summed E-state index contributed by atoms with van der Waals surface area (Å²) < 4.78 is 2.00. The van der Waals surface area contributed by atoms with Gasteiger partial charge in [-0.05, 0) is 38.6 Å². The van der Waals surface area contributed by atoms with Crippen molar-refractivity contribution in [3.8, 4) is 0 Å². The van der Waals surface area contributed by atoms with Gasteiger partial charge in [0.25, 0.3) is 0 Å². The summed E-state index contributed by atoms with van der Waals surface area (Å²) in [7, 11) is 0. The minimum Gasteiger partial charge on any atom is -0.362 e. The molecule has 6 heteroatoms. The van der Waals surface area contributed by atoms with Gasteiger partial charge in [0, 0.05) is 18.8 Å². The third kappa shape index (κ3) is 3.85. The number of hydrogen-bond donors (Lipinski definition) is 3. The average molecular weight is 227 g/mol. The topological polar surface area (TPSA) is 67.9 Å². The van der Waals surface area contributed by atoms with E-state index in [1.54, 1.807) is 0 Å². The fraction of sp³-hybridized carbons (Fsp3) is 0.556. The van der Waals surface area contributed by atoms with E-state index in [0.29, 0.717) is 5.11 Å². The van der Waals surface area contributed by atoms with Crippen LogP contribution in [-0.4, -0.2) is 21.4 Å². The molecule has 0 saturated heterocycles. The largest absolute Gasteiger partial charge is 0.362 e. The summed E-state index contributed by atoms with van der Waals surface area (Å²) in [6.07, 6.45) is 0.962. The summed E-state index contributed by atoms with van der Waals surface area (Å²) in [6, 6.07) is 2.07. The van der Waals surface area contributed by atoms with Crippen molar-refractivity contribution in [2.75, 3.05) is 6.54 Å². The van der Waals surface area contributed by atoms with Crippen molar-refractivity contribution in [3.63, 3.8) is 0 Å². The van der Waals surface area contributed by atoms with Gasteiger partial charge in [0.15, 0.2) is 5.11 Å². The summed E-state index contributed by atoms with van der Waals surface area (Å²) in [5, 5.41) is 7.82. The fourth-order valence-electron chi connectivity index (χ4n) is 1.38. The number of hydrogen-bond acceptors (Lipinski definition) is 3. The smallest absolute Gasteiger partial charge is 0.180 e. The van der Waals surface area contributed by atoms with Gasteiger partial charge in [-0.15, -0.1) is 0 Å². The fourth-order valence-corrected chi connectivity index (χ4v) is 1.49. The van der Waals surface area contributed by atoms with Crippen LogP contribution in [0.5, 0.6) is 0 Å². The Kier molecular flexibility index (Phi) is 4.51. The number of rotatable bonds is 4. The van der Waals surface area contributed by atoms with Crippen LogP contribution in [0.25, 0.3) is 0 Å². The van der Waals surface area contributed by atoms with Gasteiger partial charge in [0.1, 0.15) is 0 Å². The summed E-state index contributed by atoms with van der Waals surface area (Å²) in [6.45, 7) is 5.73. The van der Waals surface area contributed by atoms with Crippen LogP contribution in [0.1, 0.15) is 17.8 Å². The monoisotopic (exact) mass is 227 g/mol. The number of hydrazine groups is 1. The Balaban J connectivity index is 2.26. The highest BCUT2D eigenvalue weighted by atomic mass is 32.1. The van der Waals surface area contributed by atoms with Gasteiger partial charge in [-0.1, -0.05) is 0 Å². The number of thiocarbonyl (C=S) groups is 1. The number of nitrogens with one attached hydrogen (secondary N) is 2. The zero-order chi connectivity index (χ0) is 11.3. The lowest BCUT2D eigenvalue weighted by Crippen LogP contribution is -2.40. The van der Waals surface area contributed by atoms with Crippen molar-refractivity contribution in [1.29, 1.82) is 0 Å².